The van der Waals surface area contributed by atoms with Crippen LogP contribution in [0.3, 0.4) is 0 Å². The molecule has 0 amide bonds. The second kappa shape index (κ2) is 12.5. The molecule has 3 aromatic carbocycles. The summed E-state index contributed by atoms with van der Waals surface area (Å²) in [7, 11) is 0. The third-order valence-electron chi connectivity index (χ3n) is 8.12. The Balaban J connectivity index is 0.000000153. The van der Waals surface area contributed by atoms with Crippen LogP contribution in [0.15, 0.2) is 67.3 Å². The van der Waals surface area contributed by atoms with Crippen molar-refractivity contribution >= 4 is 67.9 Å². The molecule has 220 valence electrons. The van der Waals surface area contributed by atoms with Crippen LogP contribution in [0.5, 0.6) is 0 Å². The lowest BCUT2D eigenvalue weighted by atomic mass is 10.1. The SMILES string of the molecule is Clc1ccc2c(c1)N(c1ncnc3ccc(N4CCOCC4)cc13)CC2.Clc1ncnc2ccc(N3CCOCC3)cc12. The molecule has 0 saturated carbocycles. The summed E-state index contributed by atoms with van der Waals surface area (Å²) in [4.78, 5) is 24.2. The van der Waals surface area contributed by atoms with Gasteiger partial charge in [0.2, 0.25) is 0 Å². The Morgan fingerprint density at radius 2 is 1.21 bits per heavy atom. The van der Waals surface area contributed by atoms with Gasteiger partial charge in [-0.1, -0.05) is 29.3 Å². The van der Waals surface area contributed by atoms with Gasteiger partial charge >= 0.3 is 0 Å². The first-order valence-electron chi connectivity index (χ1n) is 14.5. The minimum Gasteiger partial charge on any atom is -0.378 e. The van der Waals surface area contributed by atoms with Crippen molar-refractivity contribution in [3.63, 3.8) is 0 Å². The first-order chi connectivity index (χ1) is 21.1. The molecule has 2 fully saturated rings. The highest BCUT2D eigenvalue weighted by molar-refractivity contribution is 6.34. The number of aromatic nitrogens is 4. The van der Waals surface area contributed by atoms with Gasteiger partial charge in [-0.25, -0.2) is 19.9 Å². The molecule has 43 heavy (non-hydrogen) atoms. The van der Waals surface area contributed by atoms with Crippen LogP contribution in [0.25, 0.3) is 21.8 Å². The van der Waals surface area contributed by atoms with E-state index in [9.17, 15) is 0 Å². The van der Waals surface area contributed by atoms with Gasteiger partial charge in [0.05, 0.1) is 37.5 Å². The predicted octanol–water partition coefficient (Wildman–Crippen LogP) is 5.93. The van der Waals surface area contributed by atoms with Crippen molar-refractivity contribution in [3.8, 4) is 0 Å². The fourth-order valence-corrected chi connectivity index (χ4v) is 6.23. The maximum Gasteiger partial charge on any atom is 0.144 e. The number of halogens is 2. The highest BCUT2D eigenvalue weighted by Gasteiger charge is 2.24. The van der Waals surface area contributed by atoms with Gasteiger partial charge in [0.15, 0.2) is 0 Å². The van der Waals surface area contributed by atoms with E-state index in [0.29, 0.717) is 5.15 Å². The largest absolute Gasteiger partial charge is 0.378 e. The van der Waals surface area contributed by atoms with Crippen molar-refractivity contribution in [3.05, 3.63) is 83.0 Å². The molecule has 9 nitrogen and oxygen atoms in total. The van der Waals surface area contributed by atoms with E-state index in [-0.39, 0.29) is 0 Å². The number of fused-ring (bicyclic) bond motifs is 3. The van der Waals surface area contributed by atoms with E-state index in [2.05, 4.69) is 65.0 Å². The summed E-state index contributed by atoms with van der Waals surface area (Å²) in [6.45, 7) is 7.65. The average molecular weight is 617 g/mol. The molecule has 8 rings (SSSR count). The van der Waals surface area contributed by atoms with E-state index in [0.717, 1.165) is 110 Å². The van der Waals surface area contributed by atoms with E-state index in [1.165, 1.54) is 17.6 Å². The summed E-state index contributed by atoms with van der Waals surface area (Å²) >= 11 is 12.3. The molecule has 0 bridgehead atoms. The Kier molecular flexibility index (Phi) is 8.12. The van der Waals surface area contributed by atoms with E-state index < -0.39 is 0 Å². The summed E-state index contributed by atoms with van der Waals surface area (Å²) in [5.74, 6) is 0.950. The molecule has 0 spiro atoms. The number of ether oxygens (including phenoxy) is 2. The number of hydrogen-bond donors (Lipinski definition) is 0. The van der Waals surface area contributed by atoms with Crippen LogP contribution in [-0.4, -0.2) is 79.1 Å². The number of nitrogens with zero attached hydrogens (tertiary/aromatic N) is 7. The van der Waals surface area contributed by atoms with Crippen LogP contribution in [0.2, 0.25) is 10.2 Å². The van der Waals surface area contributed by atoms with Crippen molar-refractivity contribution in [2.24, 2.45) is 0 Å². The molecule has 11 heteroatoms. The quantitative estimate of drug-likeness (QED) is 0.229. The van der Waals surface area contributed by atoms with Crippen LogP contribution in [-0.2, 0) is 15.9 Å². The van der Waals surface area contributed by atoms with Crippen LogP contribution in [0.1, 0.15) is 5.56 Å². The Morgan fingerprint density at radius 1 is 0.605 bits per heavy atom. The fourth-order valence-electron chi connectivity index (χ4n) is 5.87. The Bertz CT molecular complexity index is 1760. The molecule has 0 unspecified atom stereocenters. The van der Waals surface area contributed by atoms with E-state index in [1.807, 2.05) is 24.3 Å². The predicted molar refractivity (Wildman–Crippen MR) is 172 cm³/mol. The van der Waals surface area contributed by atoms with Gasteiger partial charge in [-0.3, -0.25) is 0 Å². The van der Waals surface area contributed by atoms with Gasteiger partial charge < -0.3 is 24.2 Å². The average Bonchev–Trinajstić information content (AvgIpc) is 3.48. The van der Waals surface area contributed by atoms with Crippen molar-refractivity contribution < 1.29 is 9.47 Å². The molecule has 5 aromatic rings. The van der Waals surface area contributed by atoms with Crippen LogP contribution >= 0.6 is 23.2 Å². The monoisotopic (exact) mass is 615 g/mol. The van der Waals surface area contributed by atoms with Crippen LogP contribution in [0, 0.1) is 0 Å². The number of benzene rings is 3. The first-order valence-corrected chi connectivity index (χ1v) is 15.3. The highest BCUT2D eigenvalue weighted by Crippen LogP contribution is 2.38. The van der Waals surface area contributed by atoms with Gasteiger partial charge in [-0.2, -0.15) is 0 Å². The topological polar surface area (TPSA) is 79.7 Å². The summed E-state index contributed by atoms with van der Waals surface area (Å²) in [6, 6.07) is 18.6. The number of rotatable bonds is 3. The third-order valence-corrected chi connectivity index (χ3v) is 8.66. The van der Waals surface area contributed by atoms with Gasteiger partial charge in [-0.15, -0.1) is 0 Å². The van der Waals surface area contributed by atoms with Crippen molar-refractivity contribution in [1.82, 2.24) is 19.9 Å². The third kappa shape index (κ3) is 5.90. The highest BCUT2D eigenvalue weighted by atomic mass is 35.5. The lowest BCUT2D eigenvalue weighted by Gasteiger charge is -2.29. The zero-order valence-corrected chi connectivity index (χ0v) is 25.1. The van der Waals surface area contributed by atoms with Crippen LogP contribution < -0.4 is 14.7 Å². The summed E-state index contributed by atoms with van der Waals surface area (Å²) in [5.41, 5.74) is 6.64. The first kappa shape index (κ1) is 28.0. The molecular formula is C32H31Cl2N7O2. The molecule has 0 atom stereocenters. The summed E-state index contributed by atoms with van der Waals surface area (Å²) in [5, 5.41) is 3.23. The Labute approximate surface area is 260 Å². The number of hydrogen-bond acceptors (Lipinski definition) is 9. The van der Waals surface area contributed by atoms with Gasteiger partial charge in [0.1, 0.15) is 23.6 Å². The summed E-state index contributed by atoms with van der Waals surface area (Å²) < 4.78 is 10.8. The number of anilines is 4. The van der Waals surface area contributed by atoms with Crippen LogP contribution in [0.4, 0.5) is 22.9 Å². The molecule has 3 aliphatic heterocycles. The Morgan fingerprint density at radius 3 is 1.88 bits per heavy atom. The molecule has 2 aromatic heterocycles. The van der Waals surface area contributed by atoms with Crippen molar-refractivity contribution in [1.29, 1.82) is 0 Å². The minimum atomic E-state index is 0.505. The molecule has 3 aliphatic rings. The fraction of sp³-hybridized carbons (Fsp3) is 0.312. The standard InChI is InChI=1S/C20H19ClN4O.C12H12ClN3O/c21-15-2-1-14-5-6-25(19(14)11-15)20-17-12-16(24-7-9-26-10-8-24)3-4-18(17)22-13-23-20;13-12-10-7-9(16-3-5-17-6-4-16)1-2-11(10)14-8-15-12/h1-4,11-13H,5-10H2;1-2,7-8H,3-6H2. The van der Waals surface area contributed by atoms with Gasteiger partial charge in [-0.05, 0) is 60.5 Å². The second-order valence-corrected chi connectivity index (χ2v) is 11.4. The molecule has 0 aliphatic carbocycles. The zero-order chi connectivity index (χ0) is 29.2. The molecule has 0 radical (unpaired) electrons. The zero-order valence-electron chi connectivity index (χ0n) is 23.6. The smallest absolute Gasteiger partial charge is 0.144 e. The summed E-state index contributed by atoms with van der Waals surface area (Å²) in [6.07, 6.45) is 4.13. The van der Waals surface area contributed by atoms with E-state index in [1.54, 1.807) is 6.33 Å². The Hall–Kier alpha value is -3.76. The molecular weight excluding hydrogens is 585 g/mol. The van der Waals surface area contributed by atoms with Crippen molar-refractivity contribution in [2.75, 3.05) is 73.9 Å². The minimum absolute atomic E-state index is 0.505. The van der Waals surface area contributed by atoms with E-state index >= 15 is 0 Å². The van der Waals surface area contributed by atoms with E-state index in [4.69, 9.17) is 32.7 Å². The second-order valence-electron chi connectivity index (χ2n) is 10.6. The van der Waals surface area contributed by atoms with Crippen molar-refractivity contribution in [2.45, 2.75) is 6.42 Å². The molecule has 5 heterocycles. The molecule has 2 saturated heterocycles. The maximum absolute atomic E-state index is 6.24. The number of morpholine rings is 2. The maximum atomic E-state index is 6.24. The van der Waals surface area contributed by atoms with Gasteiger partial charge in [0, 0.05) is 65.6 Å². The normalized spacial score (nSPS) is 16.7. The lowest BCUT2D eigenvalue weighted by molar-refractivity contribution is 0.122. The molecule has 0 N–H and O–H groups in total. The lowest BCUT2D eigenvalue weighted by Crippen LogP contribution is -2.36. The van der Waals surface area contributed by atoms with Gasteiger partial charge in [0.25, 0.3) is 0 Å².